The Labute approximate surface area is 225 Å². The Morgan fingerprint density at radius 2 is 1.26 bits per heavy atom. The van der Waals surface area contributed by atoms with Crippen molar-refractivity contribution in [1.29, 1.82) is 0 Å². The predicted molar refractivity (Wildman–Crippen MR) is 139 cm³/mol. The molecule has 0 bridgehead atoms. The van der Waals surface area contributed by atoms with Gasteiger partial charge < -0.3 is 44.7 Å². The summed E-state index contributed by atoms with van der Waals surface area (Å²) in [5.41, 5.74) is 5.66. The molecule has 0 aromatic carbocycles. The van der Waals surface area contributed by atoms with E-state index >= 15 is 0 Å². The SMILES string of the molecule is CC.CC(=O)C1CC(NC(=O)CCOCCOCCOCCOCCOCCC(=O)O)CN1C(=O)C(C)N. The number of carbonyl (C=O) groups excluding carboxylic acids is 3. The second kappa shape index (κ2) is 22.8. The minimum atomic E-state index is -0.892. The van der Waals surface area contributed by atoms with Gasteiger partial charge in [-0.25, -0.2) is 0 Å². The first-order valence-electron chi connectivity index (χ1n) is 13.2. The zero-order chi connectivity index (χ0) is 28.8. The summed E-state index contributed by atoms with van der Waals surface area (Å²) in [5, 5.41) is 11.3. The Morgan fingerprint density at radius 3 is 1.66 bits per heavy atom. The third kappa shape index (κ3) is 17.4. The van der Waals surface area contributed by atoms with Gasteiger partial charge in [-0.15, -0.1) is 0 Å². The number of hydrogen-bond acceptors (Lipinski definition) is 10. The highest BCUT2D eigenvalue weighted by Gasteiger charge is 2.39. The van der Waals surface area contributed by atoms with E-state index in [9.17, 15) is 19.2 Å². The fraction of sp³-hybridized carbons (Fsp3) is 0.840. The first-order chi connectivity index (χ1) is 18.2. The summed E-state index contributed by atoms with van der Waals surface area (Å²) in [6.07, 6.45) is 0.521. The molecule has 1 heterocycles. The summed E-state index contributed by atoms with van der Waals surface area (Å²) in [6.45, 7) is 10.7. The Bertz CT molecular complexity index is 678. The third-order valence-electron chi connectivity index (χ3n) is 5.23. The number of nitrogens with two attached hydrogens (primary N) is 1. The van der Waals surface area contributed by atoms with E-state index in [1.807, 2.05) is 13.8 Å². The van der Waals surface area contributed by atoms with Crippen LogP contribution in [-0.2, 0) is 42.9 Å². The van der Waals surface area contributed by atoms with E-state index in [1.165, 1.54) is 11.8 Å². The van der Waals surface area contributed by atoms with Crippen LogP contribution in [-0.4, -0.2) is 124 Å². The van der Waals surface area contributed by atoms with E-state index in [2.05, 4.69) is 5.32 Å². The molecular formula is C25H47N3O10. The monoisotopic (exact) mass is 549 g/mol. The number of carbonyl (C=O) groups is 4. The van der Waals surface area contributed by atoms with E-state index in [0.29, 0.717) is 59.3 Å². The highest BCUT2D eigenvalue weighted by Crippen LogP contribution is 2.20. The molecule has 4 N–H and O–H groups in total. The van der Waals surface area contributed by atoms with Crippen LogP contribution >= 0.6 is 0 Å². The summed E-state index contributed by atoms with van der Waals surface area (Å²) in [5.74, 6) is -1.53. The molecular weight excluding hydrogens is 502 g/mol. The summed E-state index contributed by atoms with van der Waals surface area (Å²) in [6, 6.07) is -1.55. The number of aliphatic carboxylic acids is 1. The Morgan fingerprint density at radius 1 is 0.842 bits per heavy atom. The van der Waals surface area contributed by atoms with Crippen molar-refractivity contribution < 1.29 is 48.0 Å². The number of nitrogens with one attached hydrogen (secondary N) is 1. The van der Waals surface area contributed by atoms with Gasteiger partial charge in [0.25, 0.3) is 0 Å². The molecule has 0 spiro atoms. The minimum absolute atomic E-state index is 0.0219. The van der Waals surface area contributed by atoms with Crippen LogP contribution in [0.4, 0.5) is 0 Å². The number of Topliss-reactive ketones (excluding diaryl/α,β-unsaturated/α-hetero) is 1. The number of hydrogen-bond donors (Lipinski definition) is 3. The van der Waals surface area contributed by atoms with Crippen LogP contribution in [0.15, 0.2) is 0 Å². The van der Waals surface area contributed by atoms with Crippen LogP contribution in [0.5, 0.6) is 0 Å². The van der Waals surface area contributed by atoms with Crippen LogP contribution in [0, 0.1) is 0 Å². The van der Waals surface area contributed by atoms with Crippen LogP contribution in [0.2, 0.25) is 0 Å². The third-order valence-corrected chi connectivity index (χ3v) is 5.23. The predicted octanol–water partition coefficient (Wildman–Crippen LogP) is -0.0177. The van der Waals surface area contributed by atoms with Gasteiger partial charge in [0.2, 0.25) is 11.8 Å². The first kappa shape index (κ1) is 35.8. The average molecular weight is 550 g/mol. The summed E-state index contributed by atoms with van der Waals surface area (Å²) < 4.78 is 26.5. The Balaban J connectivity index is 0.00000667. The first-order valence-corrected chi connectivity index (χ1v) is 13.2. The lowest BCUT2D eigenvalue weighted by atomic mass is 10.1. The van der Waals surface area contributed by atoms with E-state index in [1.54, 1.807) is 6.92 Å². The molecule has 0 aliphatic carbocycles. The number of amides is 2. The molecule has 1 saturated heterocycles. The van der Waals surface area contributed by atoms with Gasteiger partial charge in [0, 0.05) is 19.0 Å². The fourth-order valence-corrected chi connectivity index (χ4v) is 3.44. The second-order valence-electron chi connectivity index (χ2n) is 8.36. The number of ether oxygens (including phenoxy) is 5. The lowest BCUT2D eigenvalue weighted by Gasteiger charge is -2.24. The van der Waals surface area contributed by atoms with Crippen LogP contribution in [0.3, 0.4) is 0 Å². The van der Waals surface area contributed by atoms with Gasteiger partial charge in [0.05, 0.1) is 84.6 Å². The van der Waals surface area contributed by atoms with Gasteiger partial charge in [-0.2, -0.15) is 0 Å². The molecule has 3 unspecified atom stereocenters. The van der Waals surface area contributed by atoms with Crippen LogP contribution in [0.1, 0.15) is 47.0 Å². The second-order valence-corrected chi connectivity index (χ2v) is 8.36. The van der Waals surface area contributed by atoms with Crippen molar-refractivity contribution in [3.05, 3.63) is 0 Å². The van der Waals surface area contributed by atoms with E-state index < -0.39 is 18.1 Å². The van der Waals surface area contributed by atoms with Crippen molar-refractivity contribution in [2.24, 2.45) is 5.73 Å². The van der Waals surface area contributed by atoms with E-state index in [-0.39, 0.29) is 56.2 Å². The molecule has 0 saturated carbocycles. The van der Waals surface area contributed by atoms with Gasteiger partial charge in [-0.3, -0.25) is 19.2 Å². The quantitative estimate of drug-likeness (QED) is 0.164. The van der Waals surface area contributed by atoms with Gasteiger partial charge in [-0.1, -0.05) is 13.8 Å². The van der Waals surface area contributed by atoms with Crippen LogP contribution < -0.4 is 11.1 Å². The van der Waals surface area contributed by atoms with E-state index in [4.69, 9.17) is 34.5 Å². The standard InChI is InChI=1S/C23H41N3O10.C2H6/c1-17(24)23(31)26-16-19(15-20(26)18(2)27)25-21(28)3-5-32-7-9-34-11-13-36-14-12-35-10-8-33-6-4-22(29)30;1-2/h17,19-20H,3-16,24H2,1-2H3,(H,25,28)(H,29,30);1-2H3. The van der Waals surface area contributed by atoms with Crippen molar-refractivity contribution in [2.75, 3.05) is 72.6 Å². The van der Waals surface area contributed by atoms with Gasteiger partial charge >= 0.3 is 5.97 Å². The van der Waals surface area contributed by atoms with Crippen molar-refractivity contribution in [2.45, 2.75) is 65.1 Å². The molecule has 2 amide bonds. The maximum Gasteiger partial charge on any atom is 0.305 e. The molecule has 1 aliphatic rings. The molecule has 38 heavy (non-hydrogen) atoms. The molecule has 3 atom stereocenters. The number of likely N-dealkylation sites (tertiary alicyclic amines) is 1. The summed E-state index contributed by atoms with van der Waals surface area (Å²) in [7, 11) is 0. The smallest absolute Gasteiger partial charge is 0.305 e. The molecule has 13 nitrogen and oxygen atoms in total. The molecule has 222 valence electrons. The molecule has 0 radical (unpaired) electrons. The number of ketones is 1. The lowest BCUT2D eigenvalue weighted by molar-refractivity contribution is -0.138. The topological polar surface area (TPSA) is 176 Å². The summed E-state index contributed by atoms with van der Waals surface area (Å²) in [4.78, 5) is 48.0. The number of nitrogens with zero attached hydrogens (tertiary/aromatic N) is 1. The highest BCUT2D eigenvalue weighted by molar-refractivity contribution is 5.90. The van der Waals surface area contributed by atoms with Crippen molar-refractivity contribution in [3.8, 4) is 0 Å². The molecule has 1 fully saturated rings. The maximum atomic E-state index is 12.2. The van der Waals surface area contributed by atoms with Crippen LogP contribution in [0.25, 0.3) is 0 Å². The molecule has 0 aromatic heterocycles. The van der Waals surface area contributed by atoms with E-state index in [0.717, 1.165) is 0 Å². The number of carboxylic acids is 1. The maximum absolute atomic E-state index is 12.2. The van der Waals surface area contributed by atoms with Crippen molar-refractivity contribution in [3.63, 3.8) is 0 Å². The summed E-state index contributed by atoms with van der Waals surface area (Å²) >= 11 is 0. The number of rotatable bonds is 21. The minimum Gasteiger partial charge on any atom is -0.481 e. The fourth-order valence-electron chi connectivity index (χ4n) is 3.44. The average Bonchev–Trinajstić information content (AvgIpc) is 3.30. The van der Waals surface area contributed by atoms with Crippen molar-refractivity contribution >= 4 is 23.6 Å². The highest BCUT2D eigenvalue weighted by atomic mass is 16.6. The zero-order valence-electron chi connectivity index (χ0n) is 23.3. The Kier molecular flexibility index (Phi) is 21.5. The van der Waals surface area contributed by atoms with Gasteiger partial charge in [0.1, 0.15) is 0 Å². The van der Waals surface area contributed by atoms with Gasteiger partial charge in [0.15, 0.2) is 5.78 Å². The molecule has 0 aromatic rings. The zero-order valence-corrected chi connectivity index (χ0v) is 23.3. The lowest BCUT2D eigenvalue weighted by Crippen LogP contribution is -2.47. The normalized spacial score (nSPS) is 17.4. The van der Waals surface area contributed by atoms with Crippen molar-refractivity contribution in [1.82, 2.24) is 10.2 Å². The Hall–Kier alpha value is -2.16. The largest absolute Gasteiger partial charge is 0.481 e. The van der Waals surface area contributed by atoms with Gasteiger partial charge in [-0.05, 0) is 20.3 Å². The molecule has 1 aliphatic heterocycles. The molecule has 13 heteroatoms. The number of carboxylic acid groups (broad SMARTS) is 1. The molecule has 1 rings (SSSR count).